The quantitative estimate of drug-likeness (QED) is 0.557. The zero-order chi connectivity index (χ0) is 12.8. The van der Waals surface area contributed by atoms with E-state index in [1.165, 1.54) is 56.1 Å². The Bertz CT molecular complexity index is 335. The molecule has 0 amide bonds. The molecule has 3 fully saturated rings. The normalized spacial score (nSPS) is 41.9. The number of carbonyl (C=O) groups excluding carboxylic acids is 1. The van der Waals surface area contributed by atoms with Gasteiger partial charge in [-0.1, -0.05) is 0 Å². The van der Waals surface area contributed by atoms with E-state index in [4.69, 9.17) is 4.74 Å². The first-order valence-electron chi connectivity index (χ1n) is 7.61. The third-order valence-corrected chi connectivity index (χ3v) is 5.78. The summed E-state index contributed by atoms with van der Waals surface area (Å²) in [4.78, 5) is 11.3. The first-order chi connectivity index (χ1) is 8.60. The first kappa shape index (κ1) is 12.5. The van der Waals surface area contributed by atoms with Gasteiger partial charge in [-0.3, -0.25) is 4.79 Å². The Morgan fingerprint density at radius 1 is 1.11 bits per heavy atom. The molecule has 0 unspecified atom stereocenters. The highest BCUT2D eigenvalue weighted by molar-refractivity contribution is 5.66. The molecule has 0 radical (unpaired) electrons. The third kappa shape index (κ3) is 1.97. The Hall–Kier alpha value is -0.570. The SMILES string of the molecule is CC(=O)O[C@@H]1[C@H]2CC[C@@H]1[C@@H]([N+]1(C)CCCC1)CC2. The van der Waals surface area contributed by atoms with Crippen molar-refractivity contribution >= 4 is 5.97 Å². The number of carbonyl (C=O) groups is 1. The zero-order valence-corrected chi connectivity index (χ0v) is 11.7. The van der Waals surface area contributed by atoms with Crippen LogP contribution in [0.2, 0.25) is 0 Å². The number of rotatable bonds is 2. The van der Waals surface area contributed by atoms with Gasteiger partial charge in [0.15, 0.2) is 0 Å². The number of nitrogens with zero attached hydrogens (tertiary/aromatic N) is 1. The summed E-state index contributed by atoms with van der Waals surface area (Å²) in [5, 5.41) is 0. The minimum Gasteiger partial charge on any atom is -0.462 e. The lowest BCUT2D eigenvalue weighted by atomic mass is 9.80. The lowest BCUT2D eigenvalue weighted by Gasteiger charge is -2.45. The zero-order valence-electron chi connectivity index (χ0n) is 11.7. The van der Waals surface area contributed by atoms with E-state index in [1.807, 2.05) is 0 Å². The van der Waals surface area contributed by atoms with Gasteiger partial charge in [0.25, 0.3) is 0 Å². The van der Waals surface area contributed by atoms with Crippen molar-refractivity contribution in [1.82, 2.24) is 0 Å². The van der Waals surface area contributed by atoms with Gasteiger partial charge in [-0.15, -0.1) is 0 Å². The van der Waals surface area contributed by atoms with Crippen LogP contribution >= 0.6 is 0 Å². The Balaban J connectivity index is 1.78. The van der Waals surface area contributed by atoms with Crippen LogP contribution in [0.3, 0.4) is 0 Å². The van der Waals surface area contributed by atoms with Crippen molar-refractivity contribution in [3.05, 3.63) is 0 Å². The fourth-order valence-electron chi connectivity index (χ4n) is 4.94. The average molecular weight is 252 g/mol. The molecule has 0 spiro atoms. The maximum Gasteiger partial charge on any atom is 0.302 e. The number of hydrogen-bond donors (Lipinski definition) is 0. The highest BCUT2D eigenvalue weighted by Crippen LogP contribution is 2.48. The van der Waals surface area contributed by atoms with E-state index in [1.54, 1.807) is 6.92 Å². The predicted octanol–water partition coefficient (Wildman–Crippen LogP) is 2.35. The highest BCUT2D eigenvalue weighted by atomic mass is 16.5. The summed E-state index contributed by atoms with van der Waals surface area (Å²) in [6.07, 6.45) is 8.16. The van der Waals surface area contributed by atoms with Crippen LogP contribution in [0.4, 0.5) is 0 Å². The Morgan fingerprint density at radius 2 is 1.78 bits per heavy atom. The van der Waals surface area contributed by atoms with Crippen LogP contribution in [-0.2, 0) is 9.53 Å². The van der Waals surface area contributed by atoms with Crippen molar-refractivity contribution in [2.75, 3.05) is 20.1 Å². The molecule has 3 rings (SSSR count). The van der Waals surface area contributed by atoms with E-state index in [0.29, 0.717) is 11.8 Å². The summed E-state index contributed by atoms with van der Waals surface area (Å²) in [5.41, 5.74) is 0. The van der Waals surface area contributed by atoms with Crippen LogP contribution in [0.15, 0.2) is 0 Å². The molecule has 0 N–H and O–H groups in total. The second-order valence-corrected chi connectivity index (χ2v) is 6.85. The van der Waals surface area contributed by atoms with E-state index < -0.39 is 0 Å². The molecule has 3 heteroatoms. The molecule has 0 aromatic rings. The van der Waals surface area contributed by atoms with Gasteiger partial charge in [-0.05, 0) is 25.2 Å². The Labute approximate surface area is 110 Å². The number of hydrogen-bond acceptors (Lipinski definition) is 2. The average Bonchev–Trinajstić information content (AvgIpc) is 2.83. The van der Waals surface area contributed by atoms with Crippen molar-refractivity contribution in [3.63, 3.8) is 0 Å². The minimum atomic E-state index is -0.0818. The van der Waals surface area contributed by atoms with Gasteiger partial charge in [0.05, 0.1) is 26.2 Å². The molecule has 1 saturated heterocycles. The largest absolute Gasteiger partial charge is 0.462 e. The van der Waals surface area contributed by atoms with Crippen LogP contribution in [0, 0.1) is 11.8 Å². The molecule has 3 nitrogen and oxygen atoms in total. The predicted molar refractivity (Wildman–Crippen MR) is 69.9 cm³/mol. The van der Waals surface area contributed by atoms with Crippen molar-refractivity contribution in [2.45, 2.75) is 57.6 Å². The van der Waals surface area contributed by atoms with Gasteiger partial charge in [0.2, 0.25) is 0 Å². The third-order valence-electron chi connectivity index (χ3n) is 5.78. The summed E-state index contributed by atoms with van der Waals surface area (Å²) in [5.74, 6) is 1.21. The summed E-state index contributed by atoms with van der Waals surface area (Å²) >= 11 is 0. The van der Waals surface area contributed by atoms with E-state index in [-0.39, 0.29) is 12.1 Å². The Morgan fingerprint density at radius 3 is 2.44 bits per heavy atom. The lowest BCUT2D eigenvalue weighted by Crippen LogP contribution is -2.57. The lowest BCUT2D eigenvalue weighted by molar-refractivity contribution is -0.927. The molecule has 0 aromatic carbocycles. The molecule has 0 aromatic heterocycles. The number of likely N-dealkylation sites (tertiary alicyclic amines) is 1. The minimum absolute atomic E-state index is 0.0818. The topological polar surface area (TPSA) is 26.3 Å². The molecule has 1 heterocycles. The summed E-state index contributed by atoms with van der Waals surface area (Å²) in [6.45, 7) is 4.23. The van der Waals surface area contributed by atoms with Gasteiger partial charge < -0.3 is 9.22 Å². The molecular weight excluding hydrogens is 226 g/mol. The maximum atomic E-state index is 11.3. The van der Waals surface area contributed by atoms with Crippen molar-refractivity contribution < 1.29 is 14.0 Å². The van der Waals surface area contributed by atoms with Gasteiger partial charge in [0, 0.05) is 32.1 Å². The van der Waals surface area contributed by atoms with E-state index in [2.05, 4.69) is 7.05 Å². The number of quaternary nitrogens is 1. The van der Waals surface area contributed by atoms with Gasteiger partial charge in [-0.2, -0.15) is 0 Å². The standard InChI is InChI=1S/C15H26NO2/c1-11(17)18-15-12-5-7-13(15)14(8-6-12)16(2)9-3-4-10-16/h12-15H,3-10H2,1-2H3/q+1/t12-,13+,14-,15+/m0/s1. The van der Waals surface area contributed by atoms with Crippen LogP contribution in [-0.4, -0.2) is 42.7 Å². The van der Waals surface area contributed by atoms with Gasteiger partial charge in [0.1, 0.15) is 6.10 Å². The second kappa shape index (κ2) is 4.52. The second-order valence-electron chi connectivity index (χ2n) is 6.85. The molecule has 2 aliphatic carbocycles. The summed E-state index contributed by atoms with van der Waals surface area (Å²) < 4.78 is 6.91. The molecule has 2 bridgehead atoms. The van der Waals surface area contributed by atoms with Crippen LogP contribution in [0.5, 0.6) is 0 Å². The first-order valence-corrected chi connectivity index (χ1v) is 7.61. The van der Waals surface area contributed by atoms with Crippen LogP contribution in [0.1, 0.15) is 45.4 Å². The van der Waals surface area contributed by atoms with E-state index >= 15 is 0 Å². The van der Waals surface area contributed by atoms with Crippen molar-refractivity contribution in [2.24, 2.45) is 11.8 Å². The van der Waals surface area contributed by atoms with Gasteiger partial charge in [-0.25, -0.2) is 0 Å². The van der Waals surface area contributed by atoms with Crippen LogP contribution in [0.25, 0.3) is 0 Å². The molecule has 2 saturated carbocycles. The van der Waals surface area contributed by atoms with E-state index in [0.717, 1.165) is 6.04 Å². The molecule has 1 aliphatic heterocycles. The fourth-order valence-corrected chi connectivity index (χ4v) is 4.94. The monoisotopic (exact) mass is 252 g/mol. The maximum absolute atomic E-state index is 11.3. The Kier molecular flexibility index (Phi) is 3.13. The number of ether oxygens (including phenoxy) is 1. The number of fused-ring (bicyclic) bond motifs is 2. The summed E-state index contributed by atoms with van der Waals surface area (Å²) in [7, 11) is 2.43. The molecule has 102 valence electrons. The summed E-state index contributed by atoms with van der Waals surface area (Å²) in [6, 6.07) is 0.746. The number of esters is 1. The molecule has 3 aliphatic rings. The molecule has 4 atom stereocenters. The molecule has 18 heavy (non-hydrogen) atoms. The van der Waals surface area contributed by atoms with Crippen molar-refractivity contribution in [3.8, 4) is 0 Å². The fraction of sp³-hybridized carbons (Fsp3) is 0.933. The van der Waals surface area contributed by atoms with Crippen LogP contribution < -0.4 is 0 Å². The van der Waals surface area contributed by atoms with Crippen molar-refractivity contribution in [1.29, 1.82) is 0 Å². The molecular formula is C15H26NO2+. The van der Waals surface area contributed by atoms with Gasteiger partial charge >= 0.3 is 5.97 Å². The smallest absolute Gasteiger partial charge is 0.302 e. The highest BCUT2D eigenvalue weighted by Gasteiger charge is 2.53. The van der Waals surface area contributed by atoms with E-state index in [9.17, 15) is 4.79 Å².